The van der Waals surface area contributed by atoms with Crippen molar-refractivity contribution in [3.8, 4) is 11.4 Å². The molecule has 1 unspecified atom stereocenters. The lowest BCUT2D eigenvalue weighted by molar-refractivity contribution is -0.127. The first-order valence-electron chi connectivity index (χ1n) is 8.41. The van der Waals surface area contributed by atoms with Crippen molar-refractivity contribution >= 4 is 17.5 Å². The van der Waals surface area contributed by atoms with Crippen molar-refractivity contribution in [3.63, 3.8) is 0 Å². The number of hydrogen-bond acceptors (Lipinski definition) is 3. The minimum absolute atomic E-state index is 0.202. The number of ether oxygens (including phenoxy) is 1. The first kappa shape index (κ1) is 18.9. The number of halogens is 2. The van der Waals surface area contributed by atoms with Crippen molar-refractivity contribution in [2.24, 2.45) is 0 Å². The molecule has 0 aliphatic carbocycles. The topological polar surface area (TPSA) is 56.1 Å². The van der Waals surface area contributed by atoms with Gasteiger partial charge in [0, 0.05) is 24.0 Å². The molecule has 0 aliphatic rings. The summed E-state index contributed by atoms with van der Waals surface area (Å²) in [5.41, 5.74) is 1.92. The van der Waals surface area contributed by atoms with Gasteiger partial charge < -0.3 is 14.6 Å². The van der Waals surface area contributed by atoms with Crippen LogP contribution in [0.25, 0.3) is 5.69 Å². The molecule has 0 radical (unpaired) electrons. The Morgan fingerprint density at radius 1 is 1.33 bits per heavy atom. The van der Waals surface area contributed by atoms with Crippen LogP contribution in [0, 0.1) is 12.7 Å². The number of imidazole rings is 1. The summed E-state index contributed by atoms with van der Waals surface area (Å²) in [5, 5.41) is 3.39. The predicted molar refractivity (Wildman–Crippen MR) is 102 cm³/mol. The molecule has 0 fully saturated rings. The van der Waals surface area contributed by atoms with E-state index in [1.54, 1.807) is 54.2 Å². The highest BCUT2D eigenvalue weighted by Crippen LogP contribution is 2.22. The summed E-state index contributed by atoms with van der Waals surface area (Å²) in [6, 6.07) is 10.0. The Hall–Kier alpha value is -2.86. The minimum atomic E-state index is -0.694. The zero-order valence-electron chi connectivity index (χ0n) is 14.9. The Balaban J connectivity index is 1.58. The fraction of sp³-hybridized carbons (Fsp3) is 0.200. The lowest BCUT2D eigenvalue weighted by Crippen LogP contribution is -2.35. The van der Waals surface area contributed by atoms with Crippen LogP contribution >= 0.6 is 11.6 Å². The number of carbonyl (C=O) groups excluding carboxylic acids is 1. The summed E-state index contributed by atoms with van der Waals surface area (Å²) in [6.07, 6.45) is 4.08. The number of hydrogen-bond donors (Lipinski definition) is 1. The molecule has 2 aromatic carbocycles. The molecule has 0 bridgehead atoms. The number of rotatable bonds is 6. The van der Waals surface area contributed by atoms with E-state index in [9.17, 15) is 9.18 Å². The van der Waals surface area contributed by atoms with Crippen LogP contribution in [0.3, 0.4) is 0 Å². The monoisotopic (exact) mass is 387 g/mol. The summed E-state index contributed by atoms with van der Waals surface area (Å²) < 4.78 is 21.5. The second-order valence-corrected chi connectivity index (χ2v) is 6.55. The van der Waals surface area contributed by atoms with Gasteiger partial charge in [-0.25, -0.2) is 9.37 Å². The van der Waals surface area contributed by atoms with Crippen LogP contribution in [0.2, 0.25) is 5.02 Å². The number of nitrogens with zero attached hydrogens (tertiary/aromatic N) is 2. The summed E-state index contributed by atoms with van der Waals surface area (Å²) >= 11 is 5.98. The van der Waals surface area contributed by atoms with Crippen molar-refractivity contribution in [2.45, 2.75) is 26.5 Å². The lowest BCUT2D eigenvalue weighted by Gasteiger charge is -2.15. The Morgan fingerprint density at radius 3 is 2.81 bits per heavy atom. The molecular formula is C20H19ClFN3O2. The van der Waals surface area contributed by atoms with Gasteiger partial charge in [0.05, 0.1) is 12.0 Å². The van der Waals surface area contributed by atoms with E-state index in [-0.39, 0.29) is 18.3 Å². The van der Waals surface area contributed by atoms with Gasteiger partial charge in [-0.15, -0.1) is 0 Å². The molecule has 140 valence electrons. The molecule has 5 nitrogen and oxygen atoms in total. The molecule has 0 saturated heterocycles. The molecule has 27 heavy (non-hydrogen) atoms. The van der Waals surface area contributed by atoms with Crippen molar-refractivity contribution in [1.82, 2.24) is 14.9 Å². The van der Waals surface area contributed by atoms with E-state index in [2.05, 4.69) is 10.3 Å². The van der Waals surface area contributed by atoms with Gasteiger partial charge in [0.2, 0.25) is 0 Å². The van der Waals surface area contributed by atoms with Gasteiger partial charge in [0.25, 0.3) is 5.91 Å². The van der Waals surface area contributed by atoms with E-state index in [0.717, 1.165) is 5.56 Å². The quantitative estimate of drug-likeness (QED) is 0.694. The van der Waals surface area contributed by atoms with E-state index in [1.165, 1.54) is 12.4 Å². The van der Waals surface area contributed by atoms with Gasteiger partial charge >= 0.3 is 0 Å². The zero-order chi connectivity index (χ0) is 19.4. The first-order chi connectivity index (χ1) is 12.9. The zero-order valence-corrected chi connectivity index (χ0v) is 15.7. The number of benzene rings is 2. The number of amides is 1. The Labute approximate surface area is 161 Å². The fourth-order valence-corrected chi connectivity index (χ4v) is 2.67. The number of aryl methyl sites for hydroxylation is 1. The maximum atomic E-state index is 14.3. The van der Waals surface area contributed by atoms with Crippen LogP contribution in [0.5, 0.6) is 5.75 Å². The summed E-state index contributed by atoms with van der Waals surface area (Å²) in [6.45, 7) is 3.72. The second kappa shape index (κ2) is 8.22. The Bertz CT molecular complexity index is 944. The van der Waals surface area contributed by atoms with Gasteiger partial charge in [0.15, 0.2) is 6.10 Å². The van der Waals surface area contributed by atoms with Gasteiger partial charge in [-0.3, -0.25) is 4.79 Å². The Kier molecular flexibility index (Phi) is 5.76. The molecule has 1 aromatic heterocycles. The normalized spacial score (nSPS) is 11.9. The molecule has 1 heterocycles. The van der Waals surface area contributed by atoms with Gasteiger partial charge in [-0.1, -0.05) is 17.7 Å². The van der Waals surface area contributed by atoms with E-state index < -0.39 is 6.10 Å². The second-order valence-electron chi connectivity index (χ2n) is 6.14. The molecule has 3 rings (SSSR count). The summed E-state index contributed by atoms with van der Waals surface area (Å²) in [4.78, 5) is 16.1. The summed E-state index contributed by atoms with van der Waals surface area (Å²) in [7, 11) is 0. The first-order valence-corrected chi connectivity index (χ1v) is 8.79. The molecule has 0 spiro atoms. The molecule has 1 N–H and O–H groups in total. The number of carbonyl (C=O) groups is 1. The summed E-state index contributed by atoms with van der Waals surface area (Å²) in [5.74, 6) is -0.113. The third-order valence-corrected chi connectivity index (χ3v) is 4.50. The molecular weight excluding hydrogens is 369 g/mol. The largest absolute Gasteiger partial charge is 0.481 e. The van der Waals surface area contributed by atoms with Crippen molar-refractivity contribution in [3.05, 3.63) is 77.1 Å². The molecule has 1 atom stereocenters. The Morgan fingerprint density at radius 2 is 2.15 bits per heavy atom. The van der Waals surface area contributed by atoms with E-state index in [0.29, 0.717) is 22.0 Å². The molecule has 3 aromatic rings. The average molecular weight is 388 g/mol. The molecule has 7 heteroatoms. The van der Waals surface area contributed by atoms with Crippen LogP contribution in [0.4, 0.5) is 4.39 Å². The average Bonchev–Trinajstić information content (AvgIpc) is 3.17. The van der Waals surface area contributed by atoms with Crippen molar-refractivity contribution < 1.29 is 13.9 Å². The maximum Gasteiger partial charge on any atom is 0.261 e. The van der Waals surface area contributed by atoms with E-state index in [1.807, 2.05) is 6.92 Å². The lowest BCUT2D eigenvalue weighted by atomic mass is 10.2. The smallest absolute Gasteiger partial charge is 0.261 e. The van der Waals surface area contributed by atoms with E-state index in [4.69, 9.17) is 16.3 Å². The standard InChI is InChI=1S/C20H19ClFN3O2/c1-13-9-16(4-5-17(13)21)27-14(2)20(26)24-11-15-3-6-19(18(22)10-15)25-8-7-23-12-25/h3-10,12,14H,11H2,1-2H3,(H,24,26). The van der Waals surface area contributed by atoms with Crippen LogP contribution < -0.4 is 10.1 Å². The van der Waals surface area contributed by atoms with Crippen LogP contribution in [-0.2, 0) is 11.3 Å². The predicted octanol–water partition coefficient (Wildman–Crippen LogP) is 4.06. The number of nitrogens with one attached hydrogen (secondary N) is 1. The SMILES string of the molecule is Cc1cc(OC(C)C(=O)NCc2ccc(-n3ccnc3)c(F)c2)ccc1Cl. The van der Waals surface area contributed by atoms with Gasteiger partial charge in [0.1, 0.15) is 11.6 Å². The highest BCUT2D eigenvalue weighted by Gasteiger charge is 2.15. The molecule has 1 amide bonds. The van der Waals surface area contributed by atoms with E-state index >= 15 is 0 Å². The minimum Gasteiger partial charge on any atom is -0.481 e. The fourth-order valence-electron chi connectivity index (χ4n) is 2.55. The van der Waals surface area contributed by atoms with Crippen LogP contribution in [-0.4, -0.2) is 21.6 Å². The third kappa shape index (κ3) is 4.65. The molecule has 0 saturated carbocycles. The van der Waals surface area contributed by atoms with Crippen molar-refractivity contribution in [2.75, 3.05) is 0 Å². The molecule has 0 aliphatic heterocycles. The highest BCUT2D eigenvalue weighted by atomic mass is 35.5. The van der Waals surface area contributed by atoms with Crippen LogP contribution in [0.1, 0.15) is 18.1 Å². The highest BCUT2D eigenvalue weighted by molar-refractivity contribution is 6.31. The van der Waals surface area contributed by atoms with Gasteiger partial charge in [-0.2, -0.15) is 0 Å². The van der Waals surface area contributed by atoms with Gasteiger partial charge in [-0.05, 0) is 55.3 Å². The van der Waals surface area contributed by atoms with Crippen molar-refractivity contribution in [1.29, 1.82) is 0 Å². The van der Waals surface area contributed by atoms with Crippen LogP contribution in [0.15, 0.2) is 55.1 Å². The maximum absolute atomic E-state index is 14.3. The number of aromatic nitrogens is 2. The third-order valence-electron chi connectivity index (χ3n) is 4.07.